The highest BCUT2D eigenvalue weighted by Crippen LogP contribution is 2.46. The van der Waals surface area contributed by atoms with Crippen molar-refractivity contribution in [2.75, 3.05) is 12.4 Å². The van der Waals surface area contributed by atoms with Crippen molar-refractivity contribution in [2.45, 2.75) is 6.04 Å². The molecule has 0 saturated carbocycles. The number of aliphatic carboxylic acids is 1. The van der Waals surface area contributed by atoms with Crippen LogP contribution in [0.4, 0.5) is 10.5 Å². The first kappa shape index (κ1) is 27.7. The Bertz CT molecular complexity index is 1700. The zero-order chi connectivity index (χ0) is 29.3. The number of aliphatic hydroxyl groups is 1. The minimum absolute atomic E-state index is 0.123. The largest absolute Gasteiger partial charge is 0.507 e. The molecule has 0 fully saturated rings. The van der Waals surface area contributed by atoms with E-state index in [2.05, 4.69) is 39.3 Å². The maximum Gasteiger partial charge on any atom is 0.339 e. The van der Waals surface area contributed by atoms with Crippen molar-refractivity contribution in [3.05, 3.63) is 117 Å². The van der Waals surface area contributed by atoms with Gasteiger partial charge in [0.2, 0.25) is 0 Å². The van der Waals surface area contributed by atoms with Gasteiger partial charge < -0.3 is 20.4 Å². The summed E-state index contributed by atoms with van der Waals surface area (Å²) in [6.07, 6.45) is 3.10. The van der Waals surface area contributed by atoms with Gasteiger partial charge in [0, 0.05) is 27.8 Å². The number of imide groups is 1. The monoisotopic (exact) mass is 658 g/mol. The summed E-state index contributed by atoms with van der Waals surface area (Å²) < 4.78 is 0.915. The number of carbonyl (C=O) groups excluding carboxylic acids is 2. The average molecular weight is 658 g/mol. The molecule has 2 unspecified atom stereocenters. The maximum absolute atomic E-state index is 12.7. The van der Waals surface area contributed by atoms with Gasteiger partial charge >= 0.3 is 12.0 Å². The predicted octanol–water partition coefficient (Wildman–Crippen LogP) is 5.69. The number of rotatable bonds is 5. The summed E-state index contributed by atoms with van der Waals surface area (Å²) in [6, 6.07) is 22.2. The Kier molecular flexibility index (Phi) is 7.63. The van der Waals surface area contributed by atoms with Crippen LogP contribution in [0.15, 0.2) is 99.9 Å². The van der Waals surface area contributed by atoms with Gasteiger partial charge in [-0.25, -0.2) is 9.59 Å². The molecule has 0 saturated heterocycles. The zero-order valence-corrected chi connectivity index (χ0v) is 23.8. The molecule has 0 aromatic heterocycles. The Hall–Kier alpha value is -4.89. The molecular formula is C31H23IN4O5. The fourth-order valence-electron chi connectivity index (χ4n) is 4.92. The highest BCUT2D eigenvalue weighted by molar-refractivity contribution is 14.1. The molecule has 4 N–H and O–H groups in total. The van der Waals surface area contributed by atoms with E-state index in [1.54, 1.807) is 66.7 Å². The standard InChI is InChI=1S/C31H23IN4O5/c1-36-25-15-26(37)24(30(39)40)14-23(25)27(32)28(36)19-5-7-20(8-6-19)29(38)35-31(41)34-22-11-9-18(10-12-22)21-4-2-3-17(13-21)16-33/h2-15,23,25,37H,1H3,(H,39,40)(H2,34,35,38,41). The lowest BCUT2D eigenvalue weighted by molar-refractivity contribution is -0.132. The molecular weight excluding hydrogens is 635 g/mol. The van der Waals surface area contributed by atoms with Crippen LogP contribution in [-0.4, -0.2) is 46.1 Å². The molecule has 1 aliphatic carbocycles. The minimum Gasteiger partial charge on any atom is -0.507 e. The highest BCUT2D eigenvalue weighted by Gasteiger charge is 2.40. The highest BCUT2D eigenvalue weighted by atomic mass is 127. The van der Waals surface area contributed by atoms with Gasteiger partial charge in [0.15, 0.2) is 0 Å². The van der Waals surface area contributed by atoms with Crippen LogP contribution in [-0.2, 0) is 4.79 Å². The van der Waals surface area contributed by atoms with E-state index in [4.69, 9.17) is 5.26 Å². The van der Waals surface area contributed by atoms with Crippen LogP contribution in [0.3, 0.4) is 0 Å². The third-order valence-corrected chi connectivity index (χ3v) is 8.21. The second kappa shape index (κ2) is 11.3. The smallest absolute Gasteiger partial charge is 0.339 e. The minimum atomic E-state index is -1.18. The Morgan fingerprint density at radius 3 is 2.29 bits per heavy atom. The van der Waals surface area contributed by atoms with E-state index in [1.807, 2.05) is 30.1 Å². The number of fused-ring (bicyclic) bond motifs is 1. The quantitative estimate of drug-likeness (QED) is 0.258. The molecule has 3 aromatic rings. The molecule has 2 aliphatic rings. The molecule has 1 aliphatic heterocycles. The SMILES string of the molecule is CN1C(c2ccc(C(=O)NC(=O)Nc3ccc(-c4cccc(C#N)c4)cc3)cc2)=C(I)C2C=C(C(=O)O)C(O)=CC21. The molecule has 0 bridgehead atoms. The Labute approximate surface area is 249 Å². The molecule has 0 radical (unpaired) electrons. The molecule has 41 heavy (non-hydrogen) atoms. The van der Waals surface area contributed by atoms with Crippen LogP contribution in [0.1, 0.15) is 21.5 Å². The molecule has 9 nitrogen and oxygen atoms in total. The third-order valence-electron chi connectivity index (χ3n) is 6.98. The number of amides is 3. The summed E-state index contributed by atoms with van der Waals surface area (Å²) in [5.74, 6) is -2.24. The number of carboxylic acid groups (broad SMARTS) is 1. The predicted molar refractivity (Wildman–Crippen MR) is 162 cm³/mol. The Morgan fingerprint density at radius 2 is 1.63 bits per heavy atom. The number of hydrogen-bond acceptors (Lipinski definition) is 6. The van der Waals surface area contributed by atoms with Crippen molar-refractivity contribution in [3.8, 4) is 17.2 Å². The van der Waals surface area contributed by atoms with Crippen molar-refractivity contribution in [1.29, 1.82) is 5.26 Å². The van der Waals surface area contributed by atoms with Crippen LogP contribution in [0.25, 0.3) is 16.8 Å². The topological polar surface area (TPSA) is 143 Å². The van der Waals surface area contributed by atoms with Gasteiger partial charge in [-0.2, -0.15) is 5.26 Å². The molecule has 3 amide bonds. The Morgan fingerprint density at radius 1 is 0.951 bits per heavy atom. The molecule has 1 heterocycles. The van der Waals surface area contributed by atoms with Crippen LogP contribution in [0, 0.1) is 17.2 Å². The van der Waals surface area contributed by atoms with Gasteiger partial charge in [0.25, 0.3) is 5.91 Å². The van der Waals surface area contributed by atoms with E-state index < -0.39 is 17.9 Å². The summed E-state index contributed by atoms with van der Waals surface area (Å²) in [7, 11) is 1.86. The van der Waals surface area contributed by atoms with Crippen LogP contribution in [0.2, 0.25) is 0 Å². The van der Waals surface area contributed by atoms with E-state index in [-0.39, 0.29) is 28.9 Å². The first-order valence-corrected chi connectivity index (χ1v) is 13.6. The van der Waals surface area contributed by atoms with Crippen LogP contribution in [0.5, 0.6) is 0 Å². The number of carboxylic acids is 1. The summed E-state index contributed by atoms with van der Waals surface area (Å²) in [5.41, 5.74) is 4.65. The lowest BCUT2D eigenvalue weighted by atomic mass is 9.91. The number of likely N-dealkylation sites (N-methyl/N-ethyl adjacent to an activating group) is 1. The summed E-state index contributed by atoms with van der Waals surface area (Å²) >= 11 is 2.19. The van der Waals surface area contributed by atoms with E-state index in [9.17, 15) is 24.6 Å². The second-order valence-corrected chi connectivity index (χ2v) is 10.7. The number of aliphatic hydroxyl groups excluding tert-OH is 1. The molecule has 3 aromatic carbocycles. The number of halogens is 1. The molecule has 2 atom stereocenters. The van der Waals surface area contributed by atoms with Crippen molar-refractivity contribution < 1.29 is 24.6 Å². The molecule has 5 rings (SSSR count). The number of hydrogen-bond donors (Lipinski definition) is 4. The maximum atomic E-state index is 12.7. The number of carbonyl (C=O) groups is 3. The van der Waals surface area contributed by atoms with E-state index in [0.29, 0.717) is 11.3 Å². The number of nitrogens with one attached hydrogen (secondary N) is 2. The Balaban J connectivity index is 1.24. The van der Waals surface area contributed by atoms with Gasteiger partial charge in [-0.3, -0.25) is 10.1 Å². The van der Waals surface area contributed by atoms with Crippen LogP contribution >= 0.6 is 22.6 Å². The second-order valence-electron chi connectivity index (χ2n) is 9.52. The number of nitrogens with zero attached hydrogens (tertiary/aromatic N) is 2. The summed E-state index contributed by atoms with van der Waals surface area (Å²) in [4.78, 5) is 38.6. The summed E-state index contributed by atoms with van der Waals surface area (Å²) in [6.45, 7) is 0. The first-order chi connectivity index (χ1) is 19.7. The fourth-order valence-corrected chi connectivity index (χ4v) is 6.16. The molecule has 10 heteroatoms. The number of benzene rings is 3. The zero-order valence-electron chi connectivity index (χ0n) is 21.6. The lowest BCUT2D eigenvalue weighted by Crippen LogP contribution is -2.34. The van der Waals surface area contributed by atoms with Gasteiger partial charge in [-0.05, 0) is 81.8 Å². The van der Waals surface area contributed by atoms with E-state index in [1.165, 1.54) is 0 Å². The van der Waals surface area contributed by atoms with Crippen molar-refractivity contribution in [2.24, 2.45) is 5.92 Å². The third kappa shape index (κ3) is 5.57. The number of anilines is 1. The van der Waals surface area contributed by atoms with E-state index in [0.717, 1.165) is 26.0 Å². The molecule has 0 spiro atoms. The van der Waals surface area contributed by atoms with Gasteiger partial charge in [-0.1, -0.05) is 42.5 Å². The van der Waals surface area contributed by atoms with Crippen molar-refractivity contribution >= 4 is 51.9 Å². The van der Waals surface area contributed by atoms with Crippen LogP contribution < -0.4 is 10.6 Å². The summed E-state index contributed by atoms with van der Waals surface area (Å²) in [5, 5.41) is 33.6. The number of nitriles is 1. The first-order valence-electron chi connectivity index (χ1n) is 12.5. The van der Waals surface area contributed by atoms with Gasteiger partial charge in [0.05, 0.1) is 28.9 Å². The molecule has 204 valence electrons. The van der Waals surface area contributed by atoms with Crippen molar-refractivity contribution in [1.82, 2.24) is 10.2 Å². The number of urea groups is 1. The van der Waals surface area contributed by atoms with Gasteiger partial charge in [-0.15, -0.1) is 0 Å². The van der Waals surface area contributed by atoms with Gasteiger partial charge in [0.1, 0.15) is 5.76 Å². The van der Waals surface area contributed by atoms with Crippen molar-refractivity contribution in [3.63, 3.8) is 0 Å². The fraction of sp³-hybridized carbons (Fsp3) is 0.0968. The van der Waals surface area contributed by atoms with E-state index >= 15 is 0 Å². The lowest BCUT2D eigenvalue weighted by Gasteiger charge is -2.28. The normalized spacial score (nSPS) is 17.6. The average Bonchev–Trinajstić information content (AvgIpc) is 3.21.